The molecule has 2 heteroatoms. The SMILES string of the molecule is CCCCCCCCCCCCCCn1cc[n+](CCCCCCCC)c1CCCCCCCCC. The van der Waals surface area contributed by atoms with Gasteiger partial charge in [0.2, 0.25) is 0 Å². The smallest absolute Gasteiger partial charge is 0.234 e. The molecule has 0 aliphatic rings. The molecule has 0 saturated heterocycles. The van der Waals surface area contributed by atoms with Gasteiger partial charge in [0.15, 0.2) is 0 Å². The van der Waals surface area contributed by atoms with Gasteiger partial charge in [0, 0.05) is 6.42 Å². The van der Waals surface area contributed by atoms with Crippen LogP contribution >= 0.6 is 0 Å². The van der Waals surface area contributed by atoms with Crippen LogP contribution in [-0.2, 0) is 19.5 Å². The number of imidazole rings is 1. The van der Waals surface area contributed by atoms with Crippen molar-refractivity contribution >= 4 is 0 Å². The predicted molar refractivity (Wildman–Crippen MR) is 161 cm³/mol. The fraction of sp³-hybridized carbons (Fsp3) is 0.912. The van der Waals surface area contributed by atoms with E-state index in [-0.39, 0.29) is 0 Å². The molecule has 1 aromatic heterocycles. The summed E-state index contributed by atoms with van der Waals surface area (Å²) in [5.41, 5.74) is 0. The van der Waals surface area contributed by atoms with Crippen LogP contribution in [0.3, 0.4) is 0 Å². The Morgan fingerprint density at radius 2 is 0.861 bits per heavy atom. The number of aryl methyl sites for hydroxylation is 2. The Kier molecular flexibility index (Phi) is 23.9. The van der Waals surface area contributed by atoms with Crippen LogP contribution < -0.4 is 4.57 Å². The summed E-state index contributed by atoms with van der Waals surface area (Å²) in [5.74, 6) is 1.61. The van der Waals surface area contributed by atoms with E-state index < -0.39 is 0 Å². The molecular weight excluding hydrogens is 436 g/mol. The van der Waals surface area contributed by atoms with E-state index in [2.05, 4.69) is 42.3 Å². The maximum atomic E-state index is 2.62. The van der Waals surface area contributed by atoms with Crippen LogP contribution in [0.15, 0.2) is 12.4 Å². The first-order chi connectivity index (χ1) is 17.8. The molecule has 0 aliphatic heterocycles. The molecule has 0 amide bonds. The molecular formula is C34H67N2+. The topological polar surface area (TPSA) is 8.81 Å². The Bertz CT molecular complexity index is 562. The lowest BCUT2D eigenvalue weighted by molar-refractivity contribution is -0.704. The Balaban J connectivity index is 2.29. The van der Waals surface area contributed by atoms with Gasteiger partial charge in [0.25, 0.3) is 5.82 Å². The zero-order chi connectivity index (χ0) is 25.9. The van der Waals surface area contributed by atoms with Gasteiger partial charge in [0.1, 0.15) is 12.4 Å². The number of hydrogen-bond acceptors (Lipinski definition) is 0. The number of hydrogen-bond donors (Lipinski definition) is 0. The number of rotatable bonds is 28. The normalized spacial score (nSPS) is 11.5. The van der Waals surface area contributed by atoms with Crippen molar-refractivity contribution in [2.24, 2.45) is 0 Å². The molecule has 0 saturated carbocycles. The highest BCUT2D eigenvalue weighted by molar-refractivity contribution is 4.84. The van der Waals surface area contributed by atoms with Crippen LogP contribution in [0.1, 0.15) is 187 Å². The molecule has 0 unspecified atom stereocenters. The van der Waals surface area contributed by atoms with E-state index in [0.29, 0.717) is 0 Å². The molecule has 0 bridgehead atoms. The molecule has 212 valence electrons. The van der Waals surface area contributed by atoms with Crippen LogP contribution in [-0.4, -0.2) is 4.57 Å². The first-order valence-corrected chi connectivity index (χ1v) is 16.9. The summed E-state index contributed by atoms with van der Waals surface area (Å²) in [6.45, 7) is 9.39. The second-order valence-electron chi connectivity index (χ2n) is 11.6. The van der Waals surface area contributed by atoms with Gasteiger partial charge in [0.05, 0.1) is 13.1 Å². The molecule has 1 rings (SSSR count). The molecule has 0 N–H and O–H groups in total. The van der Waals surface area contributed by atoms with Gasteiger partial charge in [-0.15, -0.1) is 0 Å². The van der Waals surface area contributed by atoms with Gasteiger partial charge in [-0.25, -0.2) is 9.13 Å². The highest BCUT2D eigenvalue weighted by Gasteiger charge is 2.16. The summed E-state index contributed by atoms with van der Waals surface area (Å²) in [6.07, 6.45) is 41.4. The van der Waals surface area contributed by atoms with E-state index in [1.165, 1.54) is 180 Å². The third-order valence-corrected chi connectivity index (χ3v) is 8.10. The van der Waals surface area contributed by atoms with Gasteiger partial charge in [-0.3, -0.25) is 0 Å². The van der Waals surface area contributed by atoms with Crippen molar-refractivity contribution in [3.8, 4) is 0 Å². The molecule has 0 fully saturated rings. The highest BCUT2D eigenvalue weighted by Crippen LogP contribution is 2.14. The van der Waals surface area contributed by atoms with Crippen molar-refractivity contribution in [1.29, 1.82) is 0 Å². The van der Waals surface area contributed by atoms with Gasteiger partial charge >= 0.3 is 0 Å². The van der Waals surface area contributed by atoms with E-state index in [9.17, 15) is 0 Å². The molecule has 1 heterocycles. The average molecular weight is 504 g/mol. The van der Waals surface area contributed by atoms with Crippen LogP contribution in [0.25, 0.3) is 0 Å². The van der Waals surface area contributed by atoms with Crippen molar-refractivity contribution in [2.75, 3.05) is 0 Å². The van der Waals surface area contributed by atoms with Crippen LogP contribution in [0.5, 0.6) is 0 Å². The third-order valence-electron chi connectivity index (χ3n) is 8.10. The van der Waals surface area contributed by atoms with E-state index in [1.54, 1.807) is 5.82 Å². The van der Waals surface area contributed by atoms with E-state index in [1.807, 2.05) is 0 Å². The summed E-state index contributed by atoms with van der Waals surface area (Å²) >= 11 is 0. The summed E-state index contributed by atoms with van der Waals surface area (Å²) < 4.78 is 5.22. The first kappa shape index (κ1) is 33.2. The van der Waals surface area contributed by atoms with Crippen LogP contribution in [0, 0.1) is 0 Å². The number of unbranched alkanes of at least 4 members (excludes halogenated alkanes) is 22. The second kappa shape index (κ2) is 25.8. The molecule has 1 aromatic rings. The van der Waals surface area contributed by atoms with Gasteiger partial charge in [-0.1, -0.05) is 149 Å². The Morgan fingerprint density at radius 1 is 0.472 bits per heavy atom. The van der Waals surface area contributed by atoms with E-state index in [0.717, 1.165) is 0 Å². The predicted octanol–water partition coefficient (Wildman–Crippen LogP) is 11.1. The van der Waals surface area contributed by atoms with E-state index in [4.69, 9.17) is 0 Å². The maximum Gasteiger partial charge on any atom is 0.256 e. The Labute approximate surface area is 228 Å². The number of nitrogens with zero attached hydrogens (tertiary/aromatic N) is 2. The lowest BCUT2D eigenvalue weighted by Crippen LogP contribution is -2.37. The quantitative estimate of drug-likeness (QED) is 0.0794. The van der Waals surface area contributed by atoms with Crippen LogP contribution in [0.4, 0.5) is 0 Å². The van der Waals surface area contributed by atoms with E-state index >= 15 is 0 Å². The molecule has 0 atom stereocenters. The minimum Gasteiger partial charge on any atom is -0.234 e. The summed E-state index contributed by atoms with van der Waals surface area (Å²) in [5, 5.41) is 0. The lowest BCUT2D eigenvalue weighted by Gasteiger charge is -2.07. The monoisotopic (exact) mass is 504 g/mol. The Morgan fingerprint density at radius 3 is 1.33 bits per heavy atom. The van der Waals surface area contributed by atoms with Crippen LogP contribution in [0.2, 0.25) is 0 Å². The van der Waals surface area contributed by atoms with Crippen molar-refractivity contribution in [3.05, 3.63) is 18.2 Å². The highest BCUT2D eigenvalue weighted by atomic mass is 15.1. The molecule has 0 aromatic carbocycles. The molecule has 36 heavy (non-hydrogen) atoms. The zero-order valence-electron chi connectivity index (χ0n) is 25.3. The lowest BCUT2D eigenvalue weighted by atomic mass is 10.1. The zero-order valence-corrected chi connectivity index (χ0v) is 25.3. The summed E-state index contributed by atoms with van der Waals surface area (Å²) in [7, 11) is 0. The molecule has 0 radical (unpaired) electrons. The Hall–Kier alpha value is -0.790. The number of aromatic nitrogens is 2. The largest absolute Gasteiger partial charge is 0.256 e. The van der Waals surface area contributed by atoms with Crippen molar-refractivity contribution in [1.82, 2.24) is 4.57 Å². The second-order valence-corrected chi connectivity index (χ2v) is 11.6. The summed E-state index contributed by atoms with van der Waals surface area (Å²) in [4.78, 5) is 0. The summed E-state index contributed by atoms with van der Waals surface area (Å²) in [6, 6.07) is 0. The van der Waals surface area contributed by atoms with Gasteiger partial charge < -0.3 is 0 Å². The first-order valence-electron chi connectivity index (χ1n) is 16.9. The molecule has 0 aliphatic carbocycles. The van der Waals surface area contributed by atoms with Crippen molar-refractivity contribution < 1.29 is 4.57 Å². The van der Waals surface area contributed by atoms with Crippen molar-refractivity contribution in [3.63, 3.8) is 0 Å². The fourth-order valence-corrected chi connectivity index (χ4v) is 5.62. The maximum absolute atomic E-state index is 2.62. The minimum absolute atomic E-state index is 1.23. The third kappa shape index (κ3) is 18.5. The standard InChI is InChI=1S/C34H67N2/c1-4-7-10-13-16-17-18-19-20-22-25-28-31-36-33-32-35(30-27-24-15-12-9-6-3)34(36)29-26-23-21-14-11-8-5-2/h32-33H,4-31H2,1-3H3/q+1. The average Bonchev–Trinajstić information content (AvgIpc) is 3.27. The molecule has 0 spiro atoms. The molecule has 2 nitrogen and oxygen atoms in total. The minimum atomic E-state index is 1.23. The van der Waals surface area contributed by atoms with Gasteiger partial charge in [-0.05, 0) is 32.1 Å². The van der Waals surface area contributed by atoms with Gasteiger partial charge in [-0.2, -0.15) is 0 Å². The fourth-order valence-electron chi connectivity index (χ4n) is 5.62. The van der Waals surface area contributed by atoms with Crippen molar-refractivity contribution in [2.45, 2.75) is 201 Å².